The van der Waals surface area contributed by atoms with Crippen LogP contribution in [0.25, 0.3) is 6.08 Å². The van der Waals surface area contributed by atoms with Crippen LogP contribution in [0.5, 0.6) is 5.75 Å². The van der Waals surface area contributed by atoms with E-state index in [9.17, 15) is 4.79 Å². The Morgan fingerprint density at radius 2 is 1.96 bits per heavy atom. The zero-order valence-corrected chi connectivity index (χ0v) is 15.0. The summed E-state index contributed by atoms with van der Waals surface area (Å²) in [5.74, 6) is 1.10. The molecular formula is C19H26ClNO2. The first-order valence-corrected chi connectivity index (χ1v) is 7.66. The van der Waals surface area contributed by atoms with Gasteiger partial charge in [-0.2, -0.15) is 0 Å². The minimum Gasteiger partial charge on any atom is -0.497 e. The molecule has 1 saturated carbocycles. The van der Waals surface area contributed by atoms with E-state index in [-0.39, 0.29) is 23.6 Å². The van der Waals surface area contributed by atoms with Crippen LogP contribution in [0.2, 0.25) is 0 Å². The Balaban J connectivity index is 0.00000264. The zero-order valence-electron chi connectivity index (χ0n) is 14.2. The van der Waals surface area contributed by atoms with Gasteiger partial charge in [-0.3, -0.25) is 4.79 Å². The average Bonchev–Trinajstić information content (AvgIpc) is 2.77. The van der Waals surface area contributed by atoms with E-state index in [1.807, 2.05) is 50.5 Å². The van der Waals surface area contributed by atoms with Crippen molar-refractivity contribution in [2.45, 2.75) is 19.3 Å². The third kappa shape index (κ3) is 4.46. The molecule has 1 fully saturated rings. The van der Waals surface area contributed by atoms with Crippen molar-refractivity contribution in [1.82, 2.24) is 4.90 Å². The lowest BCUT2D eigenvalue weighted by molar-refractivity contribution is -0.123. The molecule has 126 valence electrons. The van der Waals surface area contributed by atoms with Crippen molar-refractivity contribution in [2.75, 3.05) is 27.7 Å². The lowest BCUT2D eigenvalue weighted by Crippen LogP contribution is -2.37. The van der Waals surface area contributed by atoms with E-state index in [0.717, 1.165) is 42.7 Å². The molecule has 2 rings (SSSR count). The molecule has 0 heterocycles. The molecule has 4 heteroatoms. The number of halogens is 1. The van der Waals surface area contributed by atoms with Gasteiger partial charge in [-0.1, -0.05) is 18.2 Å². The number of Topliss-reactive ketones (excluding diaryl/α,β-unsaturated/α-hetero) is 1. The number of benzene rings is 1. The molecule has 0 amide bonds. The second-order valence-electron chi connectivity index (χ2n) is 6.28. The molecule has 0 radical (unpaired) electrons. The maximum Gasteiger partial charge on any atom is 0.166 e. The highest BCUT2D eigenvalue weighted by Gasteiger charge is 2.43. The number of allylic oxidation sites excluding steroid dienone is 2. The van der Waals surface area contributed by atoms with Crippen LogP contribution in [0.4, 0.5) is 0 Å². The number of methoxy groups -OCH3 is 1. The summed E-state index contributed by atoms with van der Waals surface area (Å²) in [5.41, 5.74) is 1.67. The molecule has 1 unspecified atom stereocenters. The molecule has 0 saturated heterocycles. The molecule has 0 bridgehead atoms. The van der Waals surface area contributed by atoms with Crippen LogP contribution >= 0.6 is 12.4 Å². The molecule has 0 aliphatic heterocycles. The van der Waals surface area contributed by atoms with Gasteiger partial charge in [-0.15, -0.1) is 19.0 Å². The lowest BCUT2D eigenvalue weighted by atomic mass is 9.81. The smallest absolute Gasteiger partial charge is 0.166 e. The second-order valence-corrected chi connectivity index (χ2v) is 6.28. The maximum atomic E-state index is 12.9. The fraction of sp³-hybridized carbons (Fsp3) is 0.421. The lowest BCUT2D eigenvalue weighted by Gasteiger charge is -2.29. The highest BCUT2D eigenvalue weighted by Crippen LogP contribution is 2.42. The normalized spacial score (nSPS) is 22.3. The number of ketones is 1. The number of nitrogens with zero attached hydrogens (tertiary/aromatic N) is 1. The van der Waals surface area contributed by atoms with Gasteiger partial charge in [-0.05, 0) is 62.7 Å². The first-order valence-electron chi connectivity index (χ1n) is 7.66. The molecule has 0 N–H and O–H groups in total. The Kier molecular flexibility index (Phi) is 7.04. The van der Waals surface area contributed by atoms with Gasteiger partial charge in [0.1, 0.15) is 5.75 Å². The van der Waals surface area contributed by atoms with Gasteiger partial charge in [0, 0.05) is 12.0 Å². The van der Waals surface area contributed by atoms with Crippen LogP contribution in [0.15, 0.2) is 42.5 Å². The van der Waals surface area contributed by atoms with Crippen LogP contribution in [-0.2, 0) is 4.79 Å². The molecular weight excluding hydrogens is 310 g/mol. The van der Waals surface area contributed by atoms with Crippen molar-refractivity contribution in [3.63, 3.8) is 0 Å². The second kappa shape index (κ2) is 8.32. The van der Waals surface area contributed by atoms with Crippen molar-refractivity contribution in [3.8, 4) is 5.75 Å². The van der Waals surface area contributed by atoms with Crippen molar-refractivity contribution < 1.29 is 9.53 Å². The Morgan fingerprint density at radius 1 is 1.30 bits per heavy atom. The molecule has 1 aliphatic rings. The maximum absolute atomic E-state index is 12.9. The summed E-state index contributed by atoms with van der Waals surface area (Å²) in [4.78, 5) is 15.0. The minimum absolute atomic E-state index is 0. The summed E-state index contributed by atoms with van der Waals surface area (Å²) in [6.45, 7) is 4.61. The fourth-order valence-electron chi connectivity index (χ4n) is 3.27. The van der Waals surface area contributed by atoms with E-state index < -0.39 is 0 Å². The Morgan fingerprint density at radius 3 is 2.48 bits per heavy atom. The standard InChI is InChI=1S/C19H25NO2.ClH/c1-5-11-19(14-20(2)3)12-10-16(18(19)21)13-15-6-8-17(22-4)9-7-15;/h5-9,13H,1,10-12,14H2,2-4H3;1H. The van der Waals surface area contributed by atoms with Crippen molar-refractivity contribution in [2.24, 2.45) is 5.41 Å². The van der Waals surface area contributed by atoms with Crippen LogP contribution in [0.3, 0.4) is 0 Å². The number of ether oxygens (including phenoxy) is 1. The topological polar surface area (TPSA) is 29.5 Å². The Labute approximate surface area is 145 Å². The van der Waals surface area contributed by atoms with Crippen LogP contribution in [-0.4, -0.2) is 38.4 Å². The Hall–Kier alpha value is -1.58. The summed E-state index contributed by atoms with van der Waals surface area (Å²) < 4.78 is 5.16. The highest BCUT2D eigenvalue weighted by atomic mass is 35.5. The van der Waals surface area contributed by atoms with Crippen molar-refractivity contribution in [3.05, 3.63) is 48.1 Å². The highest BCUT2D eigenvalue weighted by molar-refractivity contribution is 6.05. The van der Waals surface area contributed by atoms with Gasteiger partial charge in [0.25, 0.3) is 0 Å². The molecule has 1 aromatic rings. The number of carbonyl (C=O) groups excluding carboxylic acids is 1. The van der Waals surface area contributed by atoms with Gasteiger partial charge in [0.2, 0.25) is 0 Å². The molecule has 23 heavy (non-hydrogen) atoms. The molecule has 1 aromatic carbocycles. The molecule has 1 atom stereocenters. The molecule has 1 aliphatic carbocycles. The predicted molar refractivity (Wildman–Crippen MR) is 98.3 cm³/mol. The van der Waals surface area contributed by atoms with Crippen LogP contribution in [0.1, 0.15) is 24.8 Å². The summed E-state index contributed by atoms with van der Waals surface area (Å²) in [6, 6.07) is 7.81. The van der Waals surface area contributed by atoms with Gasteiger partial charge in [0.05, 0.1) is 7.11 Å². The monoisotopic (exact) mass is 335 g/mol. The summed E-state index contributed by atoms with van der Waals surface area (Å²) in [5, 5.41) is 0. The number of rotatable bonds is 6. The SMILES string of the molecule is C=CCC1(CN(C)C)CCC(=Cc2ccc(OC)cc2)C1=O.Cl. The third-order valence-electron chi connectivity index (χ3n) is 4.26. The quantitative estimate of drug-likeness (QED) is 0.581. The van der Waals surface area contributed by atoms with Crippen LogP contribution in [0, 0.1) is 5.41 Å². The third-order valence-corrected chi connectivity index (χ3v) is 4.26. The summed E-state index contributed by atoms with van der Waals surface area (Å²) >= 11 is 0. The summed E-state index contributed by atoms with van der Waals surface area (Å²) in [7, 11) is 5.69. The number of hydrogen-bond acceptors (Lipinski definition) is 3. The average molecular weight is 336 g/mol. The first kappa shape index (κ1) is 19.5. The van der Waals surface area contributed by atoms with Crippen molar-refractivity contribution >= 4 is 24.3 Å². The largest absolute Gasteiger partial charge is 0.497 e. The summed E-state index contributed by atoms with van der Waals surface area (Å²) in [6.07, 6.45) is 6.37. The van der Waals surface area contributed by atoms with Crippen molar-refractivity contribution in [1.29, 1.82) is 0 Å². The zero-order chi connectivity index (χ0) is 16.2. The van der Waals surface area contributed by atoms with Gasteiger partial charge in [0.15, 0.2) is 5.78 Å². The molecule has 0 spiro atoms. The number of hydrogen-bond donors (Lipinski definition) is 0. The minimum atomic E-state index is -0.302. The first-order chi connectivity index (χ1) is 10.5. The predicted octanol–water partition coefficient (Wildman–Crippen LogP) is 3.99. The van der Waals surface area contributed by atoms with Crippen LogP contribution < -0.4 is 4.74 Å². The van der Waals surface area contributed by atoms with E-state index >= 15 is 0 Å². The van der Waals surface area contributed by atoms with E-state index in [1.54, 1.807) is 7.11 Å². The Bertz CT molecular complexity index is 578. The van der Waals surface area contributed by atoms with E-state index in [4.69, 9.17) is 4.74 Å². The fourth-order valence-corrected chi connectivity index (χ4v) is 3.27. The number of carbonyl (C=O) groups is 1. The van der Waals surface area contributed by atoms with Gasteiger partial charge >= 0.3 is 0 Å². The van der Waals surface area contributed by atoms with E-state index in [0.29, 0.717) is 0 Å². The van der Waals surface area contributed by atoms with E-state index in [2.05, 4.69) is 11.5 Å². The van der Waals surface area contributed by atoms with Gasteiger partial charge in [-0.25, -0.2) is 0 Å². The molecule has 0 aromatic heterocycles. The van der Waals surface area contributed by atoms with E-state index in [1.165, 1.54) is 0 Å². The van der Waals surface area contributed by atoms with Gasteiger partial charge < -0.3 is 9.64 Å². The molecule has 3 nitrogen and oxygen atoms in total.